The van der Waals surface area contributed by atoms with E-state index in [0.717, 1.165) is 35.5 Å². The molecular formula is C30H44O5. The molecule has 2 rings (SSSR count). The molecule has 0 unspecified atom stereocenters. The third-order valence-corrected chi connectivity index (χ3v) is 6.30. The van der Waals surface area contributed by atoms with E-state index < -0.39 is 11.4 Å². The molecule has 0 fully saturated rings. The van der Waals surface area contributed by atoms with Crippen molar-refractivity contribution in [2.75, 3.05) is 13.2 Å². The van der Waals surface area contributed by atoms with E-state index in [2.05, 4.69) is 53.7 Å². The Hall–Kier alpha value is -2.69. The van der Waals surface area contributed by atoms with E-state index >= 15 is 0 Å². The number of carbonyl (C=O) groups is 1. The zero-order valence-corrected chi connectivity index (χ0v) is 22.8. The Morgan fingerprint density at radius 2 is 1.26 bits per heavy atom. The lowest BCUT2D eigenvalue weighted by Crippen LogP contribution is -2.24. The Labute approximate surface area is 211 Å². The van der Waals surface area contributed by atoms with Crippen LogP contribution < -0.4 is 9.47 Å². The van der Waals surface area contributed by atoms with Gasteiger partial charge >= 0.3 is 5.97 Å². The SMILES string of the molecule is CC(C)(CCCOc1ccc(CCCOc2cc(C(C)(C)C)c(O)c(C(C)(C)C)c2)cc1)C(=O)O. The number of benzene rings is 2. The van der Waals surface area contributed by atoms with Gasteiger partial charge in [0.25, 0.3) is 0 Å². The van der Waals surface area contributed by atoms with Crippen LogP contribution in [0.1, 0.15) is 91.3 Å². The molecule has 0 aromatic heterocycles. The van der Waals surface area contributed by atoms with Crippen LogP contribution in [0.25, 0.3) is 0 Å². The second-order valence-electron chi connectivity index (χ2n) is 12.1. The van der Waals surface area contributed by atoms with E-state index in [-0.39, 0.29) is 10.8 Å². The molecule has 0 amide bonds. The molecule has 2 N–H and O–H groups in total. The van der Waals surface area contributed by atoms with E-state index in [4.69, 9.17) is 9.47 Å². The van der Waals surface area contributed by atoms with Crippen molar-refractivity contribution in [2.45, 2.75) is 91.9 Å². The first kappa shape index (κ1) is 28.5. The molecule has 5 nitrogen and oxygen atoms in total. The normalized spacial score (nSPS) is 12.5. The quantitative estimate of drug-likeness (QED) is 0.328. The first-order chi connectivity index (χ1) is 16.1. The molecule has 0 radical (unpaired) electrons. The van der Waals surface area contributed by atoms with Gasteiger partial charge < -0.3 is 19.7 Å². The lowest BCUT2D eigenvalue weighted by atomic mass is 9.79. The number of hydrogen-bond donors (Lipinski definition) is 2. The second kappa shape index (κ2) is 11.4. The highest BCUT2D eigenvalue weighted by molar-refractivity contribution is 5.73. The van der Waals surface area contributed by atoms with Crippen molar-refractivity contribution in [2.24, 2.45) is 5.41 Å². The van der Waals surface area contributed by atoms with Crippen molar-refractivity contribution in [1.29, 1.82) is 0 Å². The van der Waals surface area contributed by atoms with Crippen LogP contribution in [0.15, 0.2) is 36.4 Å². The zero-order chi connectivity index (χ0) is 26.4. The first-order valence-corrected chi connectivity index (χ1v) is 12.6. The van der Waals surface area contributed by atoms with E-state index in [1.165, 1.54) is 5.56 Å². The van der Waals surface area contributed by atoms with Crippen LogP contribution in [-0.2, 0) is 22.0 Å². The lowest BCUT2D eigenvalue weighted by molar-refractivity contribution is -0.147. The number of aryl methyl sites for hydroxylation is 1. The summed E-state index contributed by atoms with van der Waals surface area (Å²) in [6.45, 7) is 17.2. The van der Waals surface area contributed by atoms with E-state index in [1.54, 1.807) is 13.8 Å². The van der Waals surface area contributed by atoms with Gasteiger partial charge in [0.05, 0.1) is 18.6 Å². The fourth-order valence-corrected chi connectivity index (χ4v) is 3.86. The van der Waals surface area contributed by atoms with Gasteiger partial charge in [-0.15, -0.1) is 0 Å². The number of carboxylic acid groups (broad SMARTS) is 1. The topological polar surface area (TPSA) is 76.0 Å². The van der Waals surface area contributed by atoms with Gasteiger partial charge in [-0.2, -0.15) is 0 Å². The minimum absolute atomic E-state index is 0.181. The summed E-state index contributed by atoms with van der Waals surface area (Å²) in [7, 11) is 0. The van der Waals surface area contributed by atoms with Crippen LogP contribution in [0.3, 0.4) is 0 Å². The van der Waals surface area contributed by atoms with Crippen molar-refractivity contribution in [3.63, 3.8) is 0 Å². The third-order valence-electron chi connectivity index (χ3n) is 6.30. The lowest BCUT2D eigenvalue weighted by Gasteiger charge is -2.28. The Kier molecular flexibility index (Phi) is 9.27. The molecule has 194 valence electrons. The standard InChI is InChI=1S/C30H44O5/c1-28(2,3)24-19-23(20-25(26(24)31)29(4,5)6)35-17-9-11-21-12-14-22(15-13-21)34-18-10-16-30(7,8)27(32)33/h12-15,19-20,31H,9-11,16-18H2,1-8H3,(H,32,33). The molecule has 35 heavy (non-hydrogen) atoms. The van der Waals surface area contributed by atoms with Gasteiger partial charge in [0.15, 0.2) is 0 Å². The highest BCUT2D eigenvalue weighted by Gasteiger charge is 2.27. The molecule has 0 heterocycles. The summed E-state index contributed by atoms with van der Waals surface area (Å²) >= 11 is 0. The maximum atomic E-state index is 11.2. The highest BCUT2D eigenvalue weighted by atomic mass is 16.5. The van der Waals surface area contributed by atoms with Gasteiger partial charge in [-0.1, -0.05) is 53.7 Å². The van der Waals surface area contributed by atoms with Crippen molar-refractivity contribution in [3.05, 3.63) is 53.1 Å². The minimum Gasteiger partial charge on any atom is -0.507 e. The molecule has 2 aromatic carbocycles. The molecule has 0 bridgehead atoms. The highest BCUT2D eigenvalue weighted by Crippen LogP contribution is 2.41. The first-order valence-electron chi connectivity index (χ1n) is 12.6. The summed E-state index contributed by atoms with van der Waals surface area (Å²) in [5.41, 5.74) is 1.94. The molecule has 2 aromatic rings. The Bertz CT molecular complexity index is 940. The number of rotatable bonds is 11. The van der Waals surface area contributed by atoms with Gasteiger partial charge in [0, 0.05) is 11.1 Å². The van der Waals surface area contributed by atoms with Crippen LogP contribution in [0, 0.1) is 5.41 Å². The molecule has 0 spiro atoms. The monoisotopic (exact) mass is 484 g/mol. The van der Waals surface area contributed by atoms with Crippen molar-refractivity contribution in [1.82, 2.24) is 0 Å². The smallest absolute Gasteiger partial charge is 0.309 e. The third kappa shape index (κ3) is 8.48. The van der Waals surface area contributed by atoms with Crippen LogP contribution in [0.2, 0.25) is 0 Å². The van der Waals surface area contributed by atoms with Gasteiger partial charge in [-0.05, 0) is 80.2 Å². The summed E-state index contributed by atoms with van der Waals surface area (Å²) < 4.78 is 11.9. The number of carboxylic acids is 1. The van der Waals surface area contributed by atoms with Crippen molar-refractivity contribution in [3.8, 4) is 17.2 Å². The predicted octanol–water partition coefficient (Wildman–Crippen LogP) is 7.27. The number of phenolic OH excluding ortho intramolecular Hbond substituents is 1. The molecular weight excluding hydrogens is 440 g/mol. The van der Waals surface area contributed by atoms with Gasteiger partial charge in [-0.3, -0.25) is 4.79 Å². The zero-order valence-electron chi connectivity index (χ0n) is 22.8. The second-order valence-corrected chi connectivity index (χ2v) is 12.1. The predicted molar refractivity (Wildman–Crippen MR) is 142 cm³/mol. The minimum atomic E-state index is -0.777. The Morgan fingerprint density at radius 1 is 0.771 bits per heavy atom. The summed E-state index contributed by atoms with van der Waals surface area (Å²) in [4.78, 5) is 11.2. The molecule has 5 heteroatoms. The molecule has 0 saturated carbocycles. The summed E-state index contributed by atoms with van der Waals surface area (Å²) in [6, 6.07) is 12.0. The van der Waals surface area contributed by atoms with Crippen LogP contribution >= 0.6 is 0 Å². The molecule has 0 atom stereocenters. The summed E-state index contributed by atoms with van der Waals surface area (Å²) in [5, 5.41) is 20.0. The number of ether oxygens (including phenoxy) is 2. The average molecular weight is 485 g/mol. The van der Waals surface area contributed by atoms with Crippen molar-refractivity contribution >= 4 is 5.97 Å². The fraction of sp³-hybridized carbons (Fsp3) is 0.567. The van der Waals surface area contributed by atoms with Crippen LogP contribution in [-0.4, -0.2) is 29.4 Å². The van der Waals surface area contributed by atoms with Gasteiger partial charge in [0.2, 0.25) is 0 Å². The van der Waals surface area contributed by atoms with E-state index in [9.17, 15) is 15.0 Å². The number of aliphatic carboxylic acids is 1. The fourth-order valence-electron chi connectivity index (χ4n) is 3.86. The number of hydrogen-bond acceptors (Lipinski definition) is 4. The van der Waals surface area contributed by atoms with E-state index in [0.29, 0.717) is 31.8 Å². The maximum Gasteiger partial charge on any atom is 0.309 e. The molecule has 0 aliphatic carbocycles. The summed E-state index contributed by atoms with van der Waals surface area (Å²) in [6.07, 6.45) is 3.05. The molecule has 0 aliphatic rings. The number of phenols is 1. The van der Waals surface area contributed by atoms with Gasteiger partial charge in [0.1, 0.15) is 17.2 Å². The average Bonchev–Trinajstić information content (AvgIpc) is 2.74. The number of aromatic hydroxyl groups is 1. The van der Waals surface area contributed by atoms with Crippen LogP contribution in [0.5, 0.6) is 17.2 Å². The summed E-state index contributed by atoms with van der Waals surface area (Å²) in [5.74, 6) is 1.19. The van der Waals surface area contributed by atoms with Crippen molar-refractivity contribution < 1.29 is 24.5 Å². The van der Waals surface area contributed by atoms with Gasteiger partial charge in [-0.25, -0.2) is 0 Å². The Balaban J connectivity index is 1.87. The largest absolute Gasteiger partial charge is 0.507 e. The van der Waals surface area contributed by atoms with E-state index in [1.807, 2.05) is 24.3 Å². The molecule has 0 saturated heterocycles. The molecule has 0 aliphatic heterocycles. The Morgan fingerprint density at radius 3 is 1.74 bits per heavy atom. The maximum absolute atomic E-state index is 11.2. The van der Waals surface area contributed by atoms with Crippen LogP contribution in [0.4, 0.5) is 0 Å².